The average molecular weight is 630 g/mol. The van der Waals surface area contributed by atoms with Crippen LogP contribution in [0.5, 0.6) is 0 Å². The van der Waals surface area contributed by atoms with Crippen LogP contribution < -0.4 is 0 Å². The van der Waals surface area contributed by atoms with Gasteiger partial charge >= 0.3 is 0 Å². The van der Waals surface area contributed by atoms with Crippen molar-refractivity contribution in [3.8, 4) is 45.5 Å². The molecule has 0 atom stereocenters. The molecule has 10 rings (SSSR count). The van der Waals surface area contributed by atoms with Crippen LogP contribution in [-0.2, 0) is 5.41 Å². The van der Waals surface area contributed by atoms with Crippen LogP contribution in [0.25, 0.3) is 78.4 Å². The van der Waals surface area contributed by atoms with Gasteiger partial charge in [0, 0.05) is 32.9 Å². The number of hydrogen-bond acceptors (Lipinski definition) is 3. The maximum absolute atomic E-state index is 5.20. The second-order valence-corrected chi connectivity index (χ2v) is 13.3. The molecule has 0 saturated heterocycles. The molecule has 0 unspecified atom stereocenters. The maximum atomic E-state index is 5.20. The lowest BCUT2D eigenvalue weighted by Gasteiger charge is -2.21. The smallest absolute Gasteiger partial charge is 0.238 e. The molecule has 9 aromatic rings. The Kier molecular flexibility index (Phi) is 5.85. The molecule has 0 radical (unpaired) electrons. The largest absolute Gasteiger partial charge is 0.306 e. The van der Waals surface area contributed by atoms with Crippen LogP contribution in [0.4, 0.5) is 0 Å². The summed E-state index contributed by atoms with van der Waals surface area (Å²) in [6.07, 6.45) is 0. The molecule has 0 N–H and O–H groups in total. The highest BCUT2D eigenvalue weighted by atomic mass is 15.2. The van der Waals surface area contributed by atoms with E-state index < -0.39 is 0 Å². The van der Waals surface area contributed by atoms with E-state index in [1.54, 1.807) is 0 Å². The Morgan fingerprint density at radius 1 is 0.449 bits per heavy atom. The molecule has 232 valence electrons. The Hall–Kier alpha value is -6.33. The average Bonchev–Trinajstić information content (AvgIpc) is 3.76. The molecule has 3 aromatic heterocycles. The Labute approximate surface area is 283 Å². The maximum Gasteiger partial charge on any atom is 0.238 e. The fraction of sp³-hybridized carbons (Fsp3) is 0.0682. The van der Waals surface area contributed by atoms with E-state index in [2.05, 4.69) is 138 Å². The zero-order chi connectivity index (χ0) is 32.7. The van der Waals surface area contributed by atoms with Crippen molar-refractivity contribution in [1.29, 1.82) is 0 Å². The van der Waals surface area contributed by atoms with E-state index in [9.17, 15) is 0 Å². The van der Waals surface area contributed by atoms with Gasteiger partial charge in [-0.05, 0) is 34.9 Å². The number of fused-ring (bicyclic) bond motifs is 8. The van der Waals surface area contributed by atoms with E-state index in [1.807, 2.05) is 36.4 Å². The van der Waals surface area contributed by atoms with Gasteiger partial charge in [-0.3, -0.25) is 4.57 Å². The van der Waals surface area contributed by atoms with Crippen molar-refractivity contribution in [2.45, 2.75) is 19.3 Å². The van der Waals surface area contributed by atoms with Gasteiger partial charge in [-0.2, -0.15) is 9.97 Å². The Morgan fingerprint density at radius 2 is 0.959 bits per heavy atom. The lowest BCUT2D eigenvalue weighted by atomic mass is 9.82. The zero-order valence-electron chi connectivity index (χ0n) is 27.2. The molecule has 49 heavy (non-hydrogen) atoms. The van der Waals surface area contributed by atoms with Crippen molar-refractivity contribution in [1.82, 2.24) is 24.1 Å². The van der Waals surface area contributed by atoms with E-state index in [-0.39, 0.29) is 5.41 Å². The predicted molar refractivity (Wildman–Crippen MR) is 199 cm³/mol. The fourth-order valence-electron chi connectivity index (χ4n) is 7.96. The van der Waals surface area contributed by atoms with Crippen LogP contribution in [0.3, 0.4) is 0 Å². The first-order valence-electron chi connectivity index (χ1n) is 16.7. The normalized spacial score (nSPS) is 13.3. The second-order valence-electron chi connectivity index (χ2n) is 13.3. The first-order chi connectivity index (χ1) is 24.1. The summed E-state index contributed by atoms with van der Waals surface area (Å²) in [5.74, 6) is 1.87. The van der Waals surface area contributed by atoms with Crippen molar-refractivity contribution in [2.24, 2.45) is 0 Å². The van der Waals surface area contributed by atoms with Crippen LogP contribution in [0, 0.1) is 0 Å². The summed E-state index contributed by atoms with van der Waals surface area (Å²) in [6.45, 7) is 4.68. The number of benzene rings is 6. The minimum absolute atomic E-state index is 0.107. The van der Waals surface area contributed by atoms with Gasteiger partial charge in [0.15, 0.2) is 11.6 Å². The van der Waals surface area contributed by atoms with E-state index in [4.69, 9.17) is 15.0 Å². The first-order valence-corrected chi connectivity index (χ1v) is 16.7. The van der Waals surface area contributed by atoms with Gasteiger partial charge in [0.1, 0.15) is 0 Å². The SMILES string of the molecule is CC1(C)c2ccccc2-c2c(-n3c4ccccc4c4c3c3ccccc3n4-c3nc(-c4ccccc4)nc(-c4ccccc4)n3)cccc21. The van der Waals surface area contributed by atoms with Crippen molar-refractivity contribution in [3.63, 3.8) is 0 Å². The van der Waals surface area contributed by atoms with Gasteiger partial charge in [0.05, 0.1) is 27.8 Å². The topological polar surface area (TPSA) is 48.5 Å². The number of aromatic nitrogens is 5. The van der Waals surface area contributed by atoms with Gasteiger partial charge < -0.3 is 4.57 Å². The highest BCUT2D eigenvalue weighted by Crippen LogP contribution is 2.52. The molecule has 1 aliphatic rings. The third-order valence-corrected chi connectivity index (χ3v) is 10.2. The van der Waals surface area contributed by atoms with Gasteiger partial charge in [-0.1, -0.05) is 147 Å². The summed E-state index contributed by atoms with van der Waals surface area (Å²) in [7, 11) is 0. The Bertz CT molecular complexity index is 2670. The summed E-state index contributed by atoms with van der Waals surface area (Å²) in [5.41, 5.74) is 12.6. The van der Waals surface area contributed by atoms with E-state index >= 15 is 0 Å². The minimum Gasteiger partial charge on any atom is -0.306 e. The molecular formula is C44H31N5. The van der Waals surface area contributed by atoms with Crippen molar-refractivity contribution >= 4 is 32.8 Å². The quantitative estimate of drug-likeness (QED) is 0.195. The molecule has 3 heterocycles. The first kappa shape index (κ1) is 27.8. The highest BCUT2D eigenvalue weighted by molar-refractivity contribution is 6.20. The third kappa shape index (κ3) is 3.96. The van der Waals surface area contributed by atoms with Crippen molar-refractivity contribution < 1.29 is 0 Å². The van der Waals surface area contributed by atoms with Gasteiger partial charge in [-0.15, -0.1) is 0 Å². The number of rotatable bonds is 4. The van der Waals surface area contributed by atoms with Crippen molar-refractivity contribution in [2.75, 3.05) is 0 Å². The molecule has 6 aromatic carbocycles. The summed E-state index contributed by atoms with van der Waals surface area (Å²) in [5, 5.41) is 2.28. The van der Waals surface area contributed by atoms with Gasteiger partial charge in [0.25, 0.3) is 0 Å². The summed E-state index contributed by atoms with van der Waals surface area (Å²) >= 11 is 0. The minimum atomic E-state index is -0.107. The molecule has 0 bridgehead atoms. The van der Waals surface area contributed by atoms with Crippen molar-refractivity contribution in [3.05, 3.63) is 163 Å². The van der Waals surface area contributed by atoms with Crippen LogP contribution in [0.1, 0.15) is 25.0 Å². The Balaban J connectivity index is 1.34. The summed E-state index contributed by atoms with van der Waals surface area (Å²) in [4.78, 5) is 15.4. The monoisotopic (exact) mass is 629 g/mol. The molecule has 0 spiro atoms. The highest BCUT2D eigenvalue weighted by Gasteiger charge is 2.37. The molecule has 0 saturated carbocycles. The number of para-hydroxylation sites is 2. The molecule has 0 aliphatic heterocycles. The second kappa shape index (κ2) is 10.3. The lowest BCUT2D eigenvalue weighted by Crippen LogP contribution is -2.14. The molecule has 5 heteroatoms. The van der Waals surface area contributed by atoms with Gasteiger partial charge in [-0.25, -0.2) is 4.98 Å². The fourth-order valence-corrected chi connectivity index (χ4v) is 7.96. The predicted octanol–water partition coefficient (Wildman–Crippen LogP) is 10.6. The van der Waals surface area contributed by atoms with E-state index in [0.29, 0.717) is 17.6 Å². The summed E-state index contributed by atoms with van der Waals surface area (Å²) in [6, 6.07) is 53.3. The molecule has 5 nitrogen and oxygen atoms in total. The zero-order valence-corrected chi connectivity index (χ0v) is 27.2. The van der Waals surface area contributed by atoms with Gasteiger partial charge in [0.2, 0.25) is 5.95 Å². The third-order valence-electron chi connectivity index (χ3n) is 10.2. The molecule has 0 fully saturated rings. The lowest BCUT2D eigenvalue weighted by molar-refractivity contribution is 0.660. The number of nitrogens with zero attached hydrogens (tertiary/aromatic N) is 5. The van der Waals surface area contributed by atoms with E-state index in [0.717, 1.165) is 44.0 Å². The summed E-state index contributed by atoms with van der Waals surface area (Å²) < 4.78 is 4.71. The van der Waals surface area contributed by atoms with Crippen LogP contribution in [-0.4, -0.2) is 24.1 Å². The molecule has 1 aliphatic carbocycles. The standard InChI is InChI=1S/C44H31N5/c1-44(2)33-23-12-9-20-30(33)38-34(44)24-15-27-37(38)48-35-25-13-10-21-31(35)40-39(48)32-22-11-14-26-36(32)49(40)43-46-41(28-16-5-3-6-17-28)45-42(47-43)29-18-7-4-8-19-29/h3-27H,1-2H3. The Morgan fingerprint density at radius 3 is 1.61 bits per heavy atom. The van der Waals surface area contributed by atoms with Crippen LogP contribution in [0.2, 0.25) is 0 Å². The molecule has 0 amide bonds. The van der Waals surface area contributed by atoms with E-state index in [1.165, 1.54) is 27.9 Å². The van der Waals surface area contributed by atoms with Crippen LogP contribution in [0.15, 0.2) is 152 Å². The van der Waals surface area contributed by atoms with Crippen LogP contribution >= 0.6 is 0 Å². The molecular weight excluding hydrogens is 599 g/mol. The number of hydrogen-bond donors (Lipinski definition) is 0.